The standard InChI is InChI=1S/C27H26NOP/c1-4-13-23(14-5-1)30(24-15-6-2-7-16-24,25-17-8-3-9-18-25)26-19-20-27(28-21-26)29-22-11-10-12-22/h1-9,13-22,30H,10-12H2. The summed E-state index contributed by atoms with van der Waals surface area (Å²) in [4.78, 5) is 4.76. The van der Waals surface area contributed by atoms with E-state index in [1.54, 1.807) is 0 Å². The molecule has 1 saturated carbocycles. The number of rotatable bonds is 6. The molecular formula is C27H26NOP. The number of aromatic nitrogens is 1. The van der Waals surface area contributed by atoms with Crippen LogP contribution in [0.3, 0.4) is 0 Å². The van der Waals surface area contributed by atoms with Crippen molar-refractivity contribution in [1.29, 1.82) is 0 Å². The molecule has 1 heterocycles. The molecule has 0 radical (unpaired) electrons. The van der Waals surface area contributed by atoms with Gasteiger partial charge >= 0.3 is 179 Å². The molecule has 3 heteroatoms. The van der Waals surface area contributed by atoms with Crippen molar-refractivity contribution in [1.82, 2.24) is 4.98 Å². The Morgan fingerprint density at radius 2 is 1.10 bits per heavy atom. The SMILES string of the molecule is c1ccc([PH](c2ccccc2)(c2ccccc2)c2ccc(OC3CCC3)nc2)cc1. The first kappa shape index (κ1) is 19.0. The van der Waals surface area contributed by atoms with Gasteiger partial charge in [0.05, 0.1) is 0 Å². The summed E-state index contributed by atoms with van der Waals surface area (Å²) in [7, 11) is -2.48. The zero-order chi connectivity index (χ0) is 20.2. The number of hydrogen-bond donors (Lipinski definition) is 0. The third kappa shape index (κ3) is 3.42. The molecule has 0 atom stereocenters. The molecule has 0 N–H and O–H groups in total. The zero-order valence-electron chi connectivity index (χ0n) is 16.9. The maximum absolute atomic E-state index is 6.04. The van der Waals surface area contributed by atoms with Crippen LogP contribution in [0, 0.1) is 0 Å². The van der Waals surface area contributed by atoms with Crippen LogP contribution >= 0.6 is 7.26 Å². The Morgan fingerprint density at radius 3 is 1.47 bits per heavy atom. The first-order valence-electron chi connectivity index (χ1n) is 10.7. The zero-order valence-corrected chi connectivity index (χ0v) is 17.9. The van der Waals surface area contributed by atoms with Crippen molar-refractivity contribution in [2.45, 2.75) is 25.4 Å². The van der Waals surface area contributed by atoms with E-state index in [2.05, 4.69) is 103 Å². The van der Waals surface area contributed by atoms with Crippen molar-refractivity contribution >= 4 is 28.5 Å². The fourth-order valence-corrected chi connectivity index (χ4v) is 9.06. The van der Waals surface area contributed by atoms with Crippen LogP contribution in [0.4, 0.5) is 0 Å². The minimum absolute atomic E-state index is 0.336. The summed E-state index contributed by atoms with van der Waals surface area (Å²) in [6.07, 6.45) is 5.92. The number of hydrogen-bond acceptors (Lipinski definition) is 2. The van der Waals surface area contributed by atoms with Gasteiger partial charge in [-0.15, -0.1) is 0 Å². The summed E-state index contributed by atoms with van der Waals surface area (Å²) in [6, 6.07) is 37.0. The molecule has 0 bridgehead atoms. The van der Waals surface area contributed by atoms with Crippen molar-refractivity contribution < 1.29 is 4.74 Å². The van der Waals surface area contributed by atoms with Gasteiger partial charge in [0.25, 0.3) is 0 Å². The first-order valence-corrected chi connectivity index (χ1v) is 12.7. The van der Waals surface area contributed by atoms with Crippen LogP contribution in [0.1, 0.15) is 19.3 Å². The van der Waals surface area contributed by atoms with Crippen LogP contribution in [0.25, 0.3) is 0 Å². The summed E-state index contributed by atoms with van der Waals surface area (Å²) in [5, 5.41) is 5.35. The van der Waals surface area contributed by atoms with Crippen LogP contribution in [0.15, 0.2) is 109 Å². The van der Waals surface area contributed by atoms with Crippen molar-refractivity contribution in [3.8, 4) is 5.88 Å². The quantitative estimate of drug-likeness (QED) is 0.440. The summed E-state index contributed by atoms with van der Waals surface area (Å²) in [6.45, 7) is 0. The van der Waals surface area contributed by atoms with Gasteiger partial charge in [-0.3, -0.25) is 0 Å². The van der Waals surface area contributed by atoms with Crippen LogP contribution < -0.4 is 26.0 Å². The van der Waals surface area contributed by atoms with Gasteiger partial charge in [-0.1, -0.05) is 0 Å². The van der Waals surface area contributed by atoms with Gasteiger partial charge in [-0.2, -0.15) is 0 Å². The van der Waals surface area contributed by atoms with E-state index in [4.69, 9.17) is 9.72 Å². The monoisotopic (exact) mass is 411 g/mol. The number of benzene rings is 3. The molecule has 0 aliphatic heterocycles. The molecule has 1 fully saturated rings. The average molecular weight is 411 g/mol. The summed E-state index contributed by atoms with van der Waals surface area (Å²) < 4.78 is 6.04. The van der Waals surface area contributed by atoms with Gasteiger partial charge in [-0.05, 0) is 0 Å². The van der Waals surface area contributed by atoms with E-state index >= 15 is 0 Å². The molecule has 1 aliphatic carbocycles. The maximum atomic E-state index is 6.04. The molecule has 150 valence electrons. The molecule has 0 saturated heterocycles. The predicted molar refractivity (Wildman–Crippen MR) is 129 cm³/mol. The Balaban J connectivity index is 1.71. The third-order valence-corrected chi connectivity index (χ3v) is 10.9. The molecule has 2 nitrogen and oxygen atoms in total. The van der Waals surface area contributed by atoms with Gasteiger partial charge in [0.2, 0.25) is 0 Å². The van der Waals surface area contributed by atoms with E-state index in [1.165, 1.54) is 27.6 Å². The van der Waals surface area contributed by atoms with E-state index in [0.29, 0.717) is 6.10 Å². The van der Waals surface area contributed by atoms with Gasteiger partial charge in [0, 0.05) is 0 Å². The minimum atomic E-state index is -2.48. The van der Waals surface area contributed by atoms with Crippen LogP contribution in [0.2, 0.25) is 0 Å². The Bertz CT molecular complexity index is 981. The van der Waals surface area contributed by atoms with Crippen molar-refractivity contribution in [2.75, 3.05) is 0 Å². The van der Waals surface area contributed by atoms with E-state index in [9.17, 15) is 0 Å². The molecule has 0 spiro atoms. The second-order valence-corrected chi connectivity index (χ2v) is 11.7. The van der Waals surface area contributed by atoms with Gasteiger partial charge in [0.1, 0.15) is 0 Å². The molecular weight excluding hydrogens is 385 g/mol. The predicted octanol–water partition coefficient (Wildman–Crippen LogP) is 4.36. The van der Waals surface area contributed by atoms with Gasteiger partial charge in [0.15, 0.2) is 0 Å². The molecule has 3 aromatic carbocycles. The summed E-state index contributed by atoms with van der Waals surface area (Å²) >= 11 is 0. The van der Waals surface area contributed by atoms with Crippen LogP contribution in [0.5, 0.6) is 5.88 Å². The Kier molecular flexibility index (Phi) is 5.34. The molecule has 5 rings (SSSR count). The number of ether oxygens (including phenoxy) is 1. The van der Waals surface area contributed by atoms with Crippen LogP contribution in [-0.4, -0.2) is 11.1 Å². The van der Waals surface area contributed by atoms with E-state index < -0.39 is 7.26 Å². The first-order chi connectivity index (χ1) is 14.9. The van der Waals surface area contributed by atoms with Crippen molar-refractivity contribution in [2.24, 2.45) is 0 Å². The normalized spacial score (nSPS) is 14.7. The van der Waals surface area contributed by atoms with E-state index in [-0.39, 0.29) is 0 Å². The van der Waals surface area contributed by atoms with Gasteiger partial charge in [-0.25, -0.2) is 0 Å². The topological polar surface area (TPSA) is 22.1 Å². The molecule has 1 aromatic heterocycles. The molecule has 0 unspecified atom stereocenters. The Hall–Kier alpha value is -2.96. The summed E-state index contributed by atoms with van der Waals surface area (Å²) in [5.41, 5.74) is 0. The summed E-state index contributed by atoms with van der Waals surface area (Å²) in [5.74, 6) is 0.737. The van der Waals surface area contributed by atoms with Gasteiger partial charge < -0.3 is 0 Å². The number of nitrogens with zero attached hydrogens (tertiary/aromatic N) is 1. The molecule has 4 aromatic rings. The molecule has 0 amide bonds. The fourth-order valence-electron chi connectivity index (χ4n) is 4.40. The van der Waals surface area contributed by atoms with E-state index in [0.717, 1.165) is 18.7 Å². The molecule has 1 aliphatic rings. The molecule has 30 heavy (non-hydrogen) atoms. The third-order valence-electron chi connectivity index (χ3n) is 6.13. The van der Waals surface area contributed by atoms with Crippen molar-refractivity contribution in [3.63, 3.8) is 0 Å². The van der Waals surface area contributed by atoms with Crippen molar-refractivity contribution in [3.05, 3.63) is 109 Å². The number of pyridine rings is 1. The van der Waals surface area contributed by atoms with E-state index in [1.807, 2.05) is 6.20 Å². The van der Waals surface area contributed by atoms with Crippen LogP contribution in [-0.2, 0) is 0 Å². The fraction of sp³-hybridized carbons (Fsp3) is 0.148. The second-order valence-electron chi connectivity index (χ2n) is 7.90. The Morgan fingerprint density at radius 1 is 0.600 bits per heavy atom. The second kappa shape index (κ2) is 8.42. The Labute approximate surface area is 178 Å². The average Bonchev–Trinajstić information content (AvgIpc) is 2.80.